The van der Waals surface area contributed by atoms with Crippen molar-refractivity contribution in [3.63, 3.8) is 0 Å². The van der Waals surface area contributed by atoms with E-state index < -0.39 is 0 Å². The lowest BCUT2D eigenvalue weighted by Crippen LogP contribution is -2.30. The van der Waals surface area contributed by atoms with Crippen molar-refractivity contribution in [1.29, 1.82) is 0 Å². The van der Waals surface area contributed by atoms with Crippen LogP contribution in [0.4, 0.5) is 10.8 Å². The van der Waals surface area contributed by atoms with Gasteiger partial charge in [0.15, 0.2) is 10.2 Å². The van der Waals surface area contributed by atoms with Crippen LogP contribution in [-0.4, -0.2) is 37.3 Å². The number of thiazole rings is 1. The van der Waals surface area contributed by atoms with E-state index in [1.54, 1.807) is 25.3 Å². The van der Waals surface area contributed by atoms with Gasteiger partial charge in [0.1, 0.15) is 5.75 Å². The molecule has 6 nitrogen and oxygen atoms in total. The Morgan fingerprint density at radius 3 is 2.58 bits per heavy atom. The highest BCUT2D eigenvalue weighted by molar-refractivity contribution is 7.80. The maximum absolute atomic E-state index is 11.6. The molecule has 8 heteroatoms. The molecule has 0 radical (unpaired) electrons. The fourth-order valence-corrected chi connectivity index (χ4v) is 3.49. The maximum atomic E-state index is 11.6. The first kappa shape index (κ1) is 18.1. The monoisotopic (exact) mass is 387 g/mol. The summed E-state index contributed by atoms with van der Waals surface area (Å²) >= 11 is 6.89. The van der Waals surface area contributed by atoms with E-state index in [2.05, 4.69) is 10.3 Å². The number of rotatable bonds is 4. The summed E-state index contributed by atoms with van der Waals surface area (Å²) in [5.74, 6) is 0.415. The predicted molar refractivity (Wildman–Crippen MR) is 109 cm³/mol. The molecule has 0 fully saturated rings. The van der Waals surface area contributed by atoms with E-state index in [1.165, 1.54) is 18.4 Å². The molecule has 0 bridgehead atoms. The molecule has 0 aliphatic carbocycles. The third-order valence-electron chi connectivity index (χ3n) is 3.79. The van der Waals surface area contributed by atoms with Crippen LogP contribution in [0.1, 0.15) is 10.4 Å². The molecular weight excluding hydrogens is 370 g/mol. The topological polar surface area (TPSA) is 63.7 Å². The molecule has 0 amide bonds. The Labute approximate surface area is 160 Å². The van der Waals surface area contributed by atoms with Gasteiger partial charge in [0.05, 0.1) is 30.0 Å². The smallest absolute Gasteiger partial charge is 0.337 e. The third kappa shape index (κ3) is 3.76. The predicted octanol–water partition coefficient (Wildman–Crippen LogP) is 3.92. The molecule has 134 valence electrons. The zero-order valence-corrected chi connectivity index (χ0v) is 16.1. The highest BCUT2D eigenvalue weighted by atomic mass is 32.1. The molecule has 26 heavy (non-hydrogen) atoms. The van der Waals surface area contributed by atoms with Gasteiger partial charge in [-0.3, -0.25) is 0 Å². The van der Waals surface area contributed by atoms with Gasteiger partial charge in [0.2, 0.25) is 0 Å². The van der Waals surface area contributed by atoms with Crippen molar-refractivity contribution in [3.8, 4) is 5.75 Å². The van der Waals surface area contributed by atoms with Crippen molar-refractivity contribution in [1.82, 2.24) is 4.98 Å². The number of methoxy groups -OCH3 is 2. The van der Waals surface area contributed by atoms with Crippen LogP contribution in [0.3, 0.4) is 0 Å². The standard InChI is InChI=1S/C18H17N3O3S2/c1-21(12-5-7-13(23-2)8-6-12)18(25)20-17-19-14-9-4-11(16(22)24-3)10-15(14)26-17/h4-10H,1-3H3,(H,19,20,25). The van der Waals surface area contributed by atoms with E-state index in [1.807, 2.05) is 36.2 Å². The average Bonchev–Trinajstić information content (AvgIpc) is 3.08. The fourth-order valence-electron chi connectivity index (χ4n) is 2.32. The van der Waals surface area contributed by atoms with E-state index in [9.17, 15) is 4.79 Å². The van der Waals surface area contributed by atoms with Crippen LogP contribution in [0.5, 0.6) is 5.75 Å². The zero-order chi connectivity index (χ0) is 18.7. The van der Waals surface area contributed by atoms with Gasteiger partial charge in [-0.2, -0.15) is 0 Å². The molecule has 0 aliphatic rings. The van der Waals surface area contributed by atoms with Gasteiger partial charge in [-0.05, 0) is 54.7 Å². The Morgan fingerprint density at radius 2 is 1.92 bits per heavy atom. The quantitative estimate of drug-likeness (QED) is 0.538. The molecule has 0 saturated heterocycles. The molecule has 0 aliphatic heterocycles. The number of hydrogen-bond acceptors (Lipinski definition) is 6. The van der Waals surface area contributed by atoms with Crippen molar-refractivity contribution in [2.45, 2.75) is 0 Å². The minimum absolute atomic E-state index is 0.371. The van der Waals surface area contributed by atoms with Gasteiger partial charge in [-0.1, -0.05) is 11.3 Å². The number of ether oxygens (including phenoxy) is 2. The summed E-state index contributed by atoms with van der Waals surface area (Å²) in [5, 5.41) is 4.31. The normalized spacial score (nSPS) is 10.4. The lowest BCUT2D eigenvalue weighted by Gasteiger charge is -2.20. The summed E-state index contributed by atoms with van der Waals surface area (Å²) in [6, 6.07) is 12.8. The number of thiocarbonyl (C=S) groups is 1. The lowest BCUT2D eigenvalue weighted by atomic mass is 10.2. The largest absolute Gasteiger partial charge is 0.497 e. The number of aromatic nitrogens is 1. The van der Waals surface area contributed by atoms with E-state index in [-0.39, 0.29) is 5.97 Å². The summed E-state index contributed by atoms with van der Waals surface area (Å²) in [4.78, 5) is 18.0. The SMILES string of the molecule is COC(=O)c1ccc2nc(NC(=S)N(C)c3ccc(OC)cc3)sc2c1. The number of fused-ring (bicyclic) bond motifs is 1. The van der Waals surface area contributed by atoms with Crippen LogP contribution in [0, 0.1) is 0 Å². The number of hydrogen-bond donors (Lipinski definition) is 1. The van der Waals surface area contributed by atoms with E-state index in [4.69, 9.17) is 21.7 Å². The average molecular weight is 387 g/mol. The Hall–Kier alpha value is -2.71. The minimum Gasteiger partial charge on any atom is -0.497 e. The first-order valence-electron chi connectivity index (χ1n) is 7.69. The van der Waals surface area contributed by atoms with Crippen molar-refractivity contribution in [2.75, 3.05) is 31.5 Å². The van der Waals surface area contributed by atoms with Crippen LogP contribution >= 0.6 is 23.6 Å². The number of nitrogens with zero attached hydrogens (tertiary/aromatic N) is 2. The highest BCUT2D eigenvalue weighted by Crippen LogP contribution is 2.28. The molecule has 2 aromatic carbocycles. The fraction of sp³-hybridized carbons (Fsp3) is 0.167. The number of anilines is 2. The Kier molecular flexibility index (Phi) is 5.34. The van der Waals surface area contributed by atoms with E-state index in [0.717, 1.165) is 21.7 Å². The summed E-state index contributed by atoms with van der Waals surface area (Å²) in [6.45, 7) is 0. The van der Waals surface area contributed by atoms with Crippen LogP contribution < -0.4 is 15.0 Å². The number of nitrogens with one attached hydrogen (secondary N) is 1. The molecule has 0 spiro atoms. The summed E-state index contributed by atoms with van der Waals surface area (Å²) in [5.41, 5.74) is 2.21. The van der Waals surface area contributed by atoms with Crippen LogP contribution in [-0.2, 0) is 4.74 Å². The van der Waals surface area contributed by atoms with Crippen LogP contribution in [0.15, 0.2) is 42.5 Å². The van der Waals surface area contributed by atoms with E-state index >= 15 is 0 Å². The second-order valence-electron chi connectivity index (χ2n) is 5.38. The van der Waals surface area contributed by atoms with Gasteiger partial charge in [0, 0.05) is 12.7 Å². The Balaban J connectivity index is 1.76. The maximum Gasteiger partial charge on any atom is 0.337 e. The van der Waals surface area contributed by atoms with Crippen LogP contribution in [0.25, 0.3) is 10.2 Å². The Morgan fingerprint density at radius 1 is 1.19 bits per heavy atom. The van der Waals surface area contributed by atoms with Gasteiger partial charge in [-0.15, -0.1) is 0 Å². The number of carbonyl (C=O) groups is 1. The number of benzene rings is 2. The molecule has 0 saturated carbocycles. The van der Waals surface area contributed by atoms with Crippen molar-refractivity contribution < 1.29 is 14.3 Å². The van der Waals surface area contributed by atoms with Crippen molar-refractivity contribution in [2.24, 2.45) is 0 Å². The van der Waals surface area contributed by atoms with Crippen molar-refractivity contribution in [3.05, 3.63) is 48.0 Å². The molecular formula is C18H17N3O3S2. The first-order chi connectivity index (χ1) is 12.5. The van der Waals surface area contributed by atoms with Gasteiger partial charge >= 0.3 is 5.97 Å². The molecule has 1 heterocycles. The zero-order valence-electron chi connectivity index (χ0n) is 14.5. The van der Waals surface area contributed by atoms with Crippen LogP contribution in [0.2, 0.25) is 0 Å². The minimum atomic E-state index is -0.371. The highest BCUT2D eigenvalue weighted by Gasteiger charge is 2.12. The second-order valence-corrected chi connectivity index (χ2v) is 6.80. The van der Waals surface area contributed by atoms with Gasteiger partial charge in [-0.25, -0.2) is 9.78 Å². The molecule has 0 unspecified atom stereocenters. The second kappa shape index (κ2) is 7.67. The Bertz CT molecular complexity index is 954. The third-order valence-corrected chi connectivity index (χ3v) is 5.10. The summed E-state index contributed by atoms with van der Waals surface area (Å²) in [6.07, 6.45) is 0. The first-order valence-corrected chi connectivity index (χ1v) is 8.92. The molecule has 0 atom stereocenters. The lowest BCUT2D eigenvalue weighted by molar-refractivity contribution is 0.0601. The molecule has 3 aromatic rings. The van der Waals surface area contributed by atoms with Gasteiger partial charge in [0.25, 0.3) is 0 Å². The molecule has 1 N–H and O–H groups in total. The molecule has 3 rings (SSSR count). The van der Waals surface area contributed by atoms with Gasteiger partial charge < -0.3 is 19.7 Å². The van der Waals surface area contributed by atoms with Crippen molar-refractivity contribution >= 4 is 55.7 Å². The molecule has 1 aromatic heterocycles. The summed E-state index contributed by atoms with van der Waals surface area (Å²) in [7, 11) is 4.86. The number of esters is 1. The number of carbonyl (C=O) groups excluding carboxylic acids is 1. The summed E-state index contributed by atoms with van der Waals surface area (Å²) < 4.78 is 10.8. The van der Waals surface area contributed by atoms with E-state index in [0.29, 0.717) is 15.8 Å².